The van der Waals surface area contributed by atoms with Gasteiger partial charge < -0.3 is 0 Å². The van der Waals surface area contributed by atoms with E-state index < -0.39 is 0 Å². The Kier molecular flexibility index (Phi) is 3.99. The number of fused-ring (bicyclic) bond motifs is 7. The molecule has 0 fully saturated rings. The van der Waals surface area contributed by atoms with Gasteiger partial charge >= 0.3 is 0 Å². The van der Waals surface area contributed by atoms with E-state index in [-0.39, 0.29) is 5.56 Å². The summed E-state index contributed by atoms with van der Waals surface area (Å²) < 4.78 is 5.95. The average molecular weight is 478 g/mol. The van der Waals surface area contributed by atoms with Crippen LogP contribution in [0.25, 0.3) is 61.0 Å². The third-order valence-corrected chi connectivity index (χ3v) is 7.12. The Hall–Kier alpha value is -5.23. The molecule has 0 amide bonds. The number of aromatic nitrogens is 5. The van der Waals surface area contributed by atoms with Gasteiger partial charge in [0, 0.05) is 28.3 Å². The first kappa shape index (κ1) is 20.0. The lowest BCUT2D eigenvalue weighted by molar-refractivity contribution is 1.04. The Morgan fingerprint density at radius 3 is 1.97 bits per heavy atom. The molecule has 0 saturated carbocycles. The van der Waals surface area contributed by atoms with Crippen molar-refractivity contribution in [2.24, 2.45) is 0 Å². The fourth-order valence-electron chi connectivity index (χ4n) is 5.50. The molecule has 0 saturated heterocycles. The first-order valence-electron chi connectivity index (χ1n) is 12.2. The van der Waals surface area contributed by atoms with Crippen LogP contribution in [0.1, 0.15) is 0 Å². The molecule has 6 heteroatoms. The summed E-state index contributed by atoms with van der Waals surface area (Å²) in [7, 11) is 0. The minimum Gasteiger partial charge on any atom is -0.294 e. The van der Waals surface area contributed by atoms with Gasteiger partial charge in [-0.15, -0.1) is 0 Å². The molecule has 0 unspecified atom stereocenters. The second-order valence-electron chi connectivity index (χ2n) is 9.14. The van der Waals surface area contributed by atoms with Crippen molar-refractivity contribution >= 4 is 49.7 Å². The topological polar surface area (TPSA) is 57.1 Å². The van der Waals surface area contributed by atoms with Gasteiger partial charge in [0.15, 0.2) is 0 Å². The van der Waals surface area contributed by atoms with Gasteiger partial charge in [-0.2, -0.15) is 0 Å². The van der Waals surface area contributed by atoms with Crippen molar-refractivity contribution in [2.45, 2.75) is 0 Å². The fraction of sp³-hybridized carbons (Fsp3) is 0. The summed E-state index contributed by atoms with van der Waals surface area (Å²) in [5.41, 5.74) is 6.36. The van der Waals surface area contributed by atoms with Crippen LogP contribution in [0.5, 0.6) is 0 Å². The van der Waals surface area contributed by atoms with Gasteiger partial charge in [-0.25, -0.2) is 14.4 Å². The van der Waals surface area contributed by atoms with Crippen LogP contribution in [0.2, 0.25) is 0 Å². The van der Waals surface area contributed by atoms with Crippen LogP contribution in [0.3, 0.4) is 0 Å². The van der Waals surface area contributed by atoms with Gasteiger partial charge in [0.05, 0.1) is 27.5 Å². The van der Waals surface area contributed by atoms with E-state index in [9.17, 15) is 4.79 Å². The van der Waals surface area contributed by atoms with Crippen LogP contribution in [0.15, 0.2) is 120 Å². The van der Waals surface area contributed by atoms with Crippen LogP contribution in [-0.4, -0.2) is 23.5 Å². The molecular weight excluding hydrogens is 458 g/mol. The SMILES string of the molecule is O=c1c2ccccc2nc2n(-c3ccc(-n4c5ccccc5c5cccnc54)cc3)c3ccccc3n12. The van der Waals surface area contributed by atoms with E-state index in [1.165, 1.54) is 5.39 Å². The van der Waals surface area contributed by atoms with Gasteiger partial charge in [0.1, 0.15) is 5.65 Å². The van der Waals surface area contributed by atoms with Gasteiger partial charge in [-0.3, -0.25) is 13.9 Å². The summed E-state index contributed by atoms with van der Waals surface area (Å²) in [5, 5.41) is 2.91. The number of rotatable bonds is 2. The predicted molar refractivity (Wildman–Crippen MR) is 148 cm³/mol. The summed E-state index contributed by atoms with van der Waals surface area (Å²) >= 11 is 0. The fourth-order valence-corrected chi connectivity index (χ4v) is 5.50. The molecule has 8 aromatic rings. The monoisotopic (exact) mass is 477 g/mol. The molecule has 0 spiro atoms. The summed E-state index contributed by atoms with van der Waals surface area (Å²) in [6.45, 7) is 0. The molecular formula is C31H19N5O. The van der Waals surface area contributed by atoms with Crippen LogP contribution in [-0.2, 0) is 0 Å². The van der Waals surface area contributed by atoms with E-state index in [4.69, 9.17) is 9.97 Å². The zero-order valence-electron chi connectivity index (χ0n) is 19.6. The lowest BCUT2D eigenvalue weighted by atomic mass is 10.2. The average Bonchev–Trinajstić information content (AvgIpc) is 3.46. The molecule has 4 aromatic heterocycles. The molecule has 0 atom stereocenters. The standard InChI is InChI=1S/C31H19N5O/c37-30-24-9-1-3-11-25(24)33-31-35(27-13-5-6-14-28(27)36(30)31)21-17-15-20(16-18-21)34-26-12-4-2-8-22(26)23-10-7-19-32-29(23)34/h1-19H. The number of nitrogens with zero attached hydrogens (tertiary/aromatic N) is 5. The van der Waals surface area contributed by atoms with Gasteiger partial charge in [0.25, 0.3) is 5.56 Å². The van der Waals surface area contributed by atoms with E-state index in [0.29, 0.717) is 16.7 Å². The molecule has 0 aliphatic rings. The van der Waals surface area contributed by atoms with E-state index >= 15 is 0 Å². The van der Waals surface area contributed by atoms with Crippen LogP contribution < -0.4 is 5.56 Å². The van der Waals surface area contributed by atoms with Crippen LogP contribution in [0.4, 0.5) is 0 Å². The van der Waals surface area contributed by atoms with Gasteiger partial charge in [0.2, 0.25) is 5.78 Å². The minimum atomic E-state index is -0.0662. The van der Waals surface area contributed by atoms with Gasteiger partial charge in [-0.05, 0) is 66.7 Å². The van der Waals surface area contributed by atoms with E-state index in [2.05, 4.69) is 63.7 Å². The smallest absolute Gasteiger partial charge is 0.267 e. The first-order chi connectivity index (χ1) is 18.3. The van der Waals surface area contributed by atoms with E-state index in [0.717, 1.165) is 39.0 Å². The van der Waals surface area contributed by atoms with Crippen molar-refractivity contribution in [2.75, 3.05) is 0 Å². The highest BCUT2D eigenvalue weighted by Gasteiger charge is 2.17. The second kappa shape index (κ2) is 7.38. The highest BCUT2D eigenvalue weighted by molar-refractivity contribution is 6.07. The predicted octanol–water partition coefficient (Wildman–Crippen LogP) is 6.28. The Morgan fingerprint density at radius 1 is 0.541 bits per heavy atom. The Bertz CT molecular complexity index is 2160. The summed E-state index contributed by atoms with van der Waals surface area (Å²) in [6.07, 6.45) is 1.83. The third kappa shape index (κ3) is 2.72. The maximum absolute atomic E-state index is 13.5. The zero-order valence-corrected chi connectivity index (χ0v) is 19.6. The van der Waals surface area contributed by atoms with Crippen molar-refractivity contribution < 1.29 is 0 Å². The molecule has 6 nitrogen and oxygen atoms in total. The van der Waals surface area contributed by atoms with Crippen LogP contribution >= 0.6 is 0 Å². The van der Waals surface area contributed by atoms with Crippen molar-refractivity contribution in [3.05, 3.63) is 126 Å². The Morgan fingerprint density at radius 2 is 1.16 bits per heavy atom. The lowest BCUT2D eigenvalue weighted by Gasteiger charge is -2.10. The molecule has 0 bridgehead atoms. The van der Waals surface area contributed by atoms with E-state index in [1.807, 2.05) is 60.8 Å². The Labute approximate surface area is 210 Å². The number of para-hydroxylation sites is 4. The minimum absolute atomic E-state index is 0.0662. The van der Waals surface area contributed by atoms with Crippen molar-refractivity contribution in [3.63, 3.8) is 0 Å². The maximum Gasteiger partial charge on any atom is 0.267 e. The molecule has 4 aromatic carbocycles. The molecule has 0 aliphatic carbocycles. The number of hydrogen-bond acceptors (Lipinski definition) is 3. The highest BCUT2D eigenvalue weighted by Crippen LogP contribution is 2.31. The molecule has 37 heavy (non-hydrogen) atoms. The molecule has 174 valence electrons. The zero-order chi connectivity index (χ0) is 24.5. The lowest BCUT2D eigenvalue weighted by Crippen LogP contribution is -2.15. The van der Waals surface area contributed by atoms with Crippen LogP contribution in [0, 0.1) is 0 Å². The van der Waals surface area contributed by atoms with E-state index in [1.54, 1.807) is 4.40 Å². The van der Waals surface area contributed by atoms with Gasteiger partial charge in [-0.1, -0.05) is 42.5 Å². The largest absolute Gasteiger partial charge is 0.294 e. The quantitative estimate of drug-likeness (QED) is 0.294. The first-order valence-corrected chi connectivity index (χ1v) is 12.2. The number of pyridine rings is 1. The molecule has 0 aliphatic heterocycles. The van der Waals surface area contributed by atoms with Crippen molar-refractivity contribution in [1.29, 1.82) is 0 Å². The number of hydrogen-bond donors (Lipinski definition) is 0. The summed E-state index contributed by atoms with van der Waals surface area (Å²) in [5.74, 6) is 0.594. The molecule has 8 rings (SSSR count). The number of benzene rings is 4. The summed E-state index contributed by atoms with van der Waals surface area (Å²) in [6, 6.07) is 36.2. The maximum atomic E-state index is 13.5. The molecule has 0 N–H and O–H groups in total. The molecule has 0 radical (unpaired) electrons. The highest BCUT2D eigenvalue weighted by atomic mass is 16.1. The second-order valence-corrected chi connectivity index (χ2v) is 9.14. The molecule has 4 heterocycles. The third-order valence-electron chi connectivity index (χ3n) is 7.12. The van der Waals surface area contributed by atoms with Crippen molar-refractivity contribution in [1.82, 2.24) is 23.5 Å². The van der Waals surface area contributed by atoms with Crippen molar-refractivity contribution in [3.8, 4) is 11.4 Å². The normalized spacial score (nSPS) is 11.9. The number of imidazole rings is 1. The Balaban J connectivity index is 1.40. The summed E-state index contributed by atoms with van der Waals surface area (Å²) in [4.78, 5) is 23.1.